The van der Waals surface area contributed by atoms with Crippen LogP contribution in [0.5, 0.6) is 0 Å². The lowest BCUT2D eigenvalue weighted by Gasteiger charge is -2.36. The van der Waals surface area contributed by atoms with Gasteiger partial charge < -0.3 is 14.7 Å². The third-order valence-electron chi connectivity index (χ3n) is 6.24. The smallest absolute Gasteiger partial charge is 0.254 e. The summed E-state index contributed by atoms with van der Waals surface area (Å²) in [5, 5.41) is 9.38. The maximum atomic E-state index is 13.1. The summed E-state index contributed by atoms with van der Waals surface area (Å²) >= 11 is 6.27. The summed E-state index contributed by atoms with van der Waals surface area (Å²) in [7, 11) is 0. The molecule has 2 amide bonds. The van der Waals surface area contributed by atoms with E-state index in [0.29, 0.717) is 43.3 Å². The fourth-order valence-corrected chi connectivity index (χ4v) is 4.49. The van der Waals surface area contributed by atoms with E-state index >= 15 is 0 Å². The minimum absolute atomic E-state index is 0.0276. The van der Waals surface area contributed by atoms with Crippen LogP contribution >= 0.6 is 11.6 Å². The second kappa shape index (κ2) is 11.3. The van der Waals surface area contributed by atoms with Crippen LogP contribution in [0, 0.1) is 6.92 Å². The molecule has 2 aromatic carbocycles. The number of piperazine rings is 1. The number of benzene rings is 2. The minimum atomic E-state index is -0.0918. The van der Waals surface area contributed by atoms with Crippen molar-refractivity contribution in [1.82, 2.24) is 20.0 Å². The Kier molecular flexibility index (Phi) is 7.98. The Labute approximate surface area is 211 Å². The molecule has 1 aliphatic rings. The fraction of sp³-hybridized carbons (Fsp3) is 0.333. The highest BCUT2D eigenvalue weighted by Crippen LogP contribution is 2.26. The summed E-state index contributed by atoms with van der Waals surface area (Å²) in [4.78, 5) is 31.8. The zero-order valence-electron chi connectivity index (χ0n) is 20.2. The van der Waals surface area contributed by atoms with Crippen molar-refractivity contribution in [1.29, 1.82) is 0 Å². The molecule has 8 heteroatoms. The average Bonchev–Trinajstić information content (AvgIpc) is 2.89. The normalized spacial score (nSPS) is 13.6. The number of amides is 2. The van der Waals surface area contributed by atoms with Gasteiger partial charge in [-0.2, -0.15) is 0 Å². The summed E-state index contributed by atoms with van der Waals surface area (Å²) in [6.07, 6.45) is 0.793. The molecule has 1 aromatic heterocycles. The van der Waals surface area contributed by atoms with E-state index in [1.165, 1.54) is 0 Å². The quantitative estimate of drug-likeness (QED) is 0.492. The Morgan fingerprint density at radius 1 is 0.943 bits per heavy atom. The van der Waals surface area contributed by atoms with Gasteiger partial charge in [0, 0.05) is 43.9 Å². The first-order chi connectivity index (χ1) is 17.0. The highest BCUT2D eigenvalue weighted by Gasteiger charge is 2.26. The molecule has 0 bridgehead atoms. The Bertz CT molecular complexity index is 1180. The van der Waals surface area contributed by atoms with Gasteiger partial charge >= 0.3 is 0 Å². The molecule has 0 spiro atoms. The van der Waals surface area contributed by atoms with E-state index in [4.69, 9.17) is 11.6 Å². The van der Waals surface area contributed by atoms with Crippen LogP contribution in [0.15, 0.2) is 60.7 Å². The molecule has 7 nitrogen and oxygen atoms in total. The van der Waals surface area contributed by atoms with Crippen molar-refractivity contribution in [3.8, 4) is 11.3 Å². The van der Waals surface area contributed by atoms with Crippen molar-refractivity contribution in [3.63, 3.8) is 0 Å². The lowest BCUT2D eigenvalue weighted by atomic mass is 10.1. The van der Waals surface area contributed by atoms with Crippen molar-refractivity contribution in [2.75, 3.05) is 44.2 Å². The Balaban J connectivity index is 1.35. The number of carbonyl (C=O) groups is 2. The van der Waals surface area contributed by atoms with E-state index in [1.54, 1.807) is 4.90 Å². The van der Waals surface area contributed by atoms with Crippen molar-refractivity contribution < 1.29 is 9.59 Å². The van der Waals surface area contributed by atoms with Crippen molar-refractivity contribution in [2.45, 2.75) is 20.3 Å². The van der Waals surface area contributed by atoms with Gasteiger partial charge in [0.1, 0.15) is 6.54 Å². The number of rotatable bonds is 7. The average molecular weight is 492 g/mol. The molecule has 35 heavy (non-hydrogen) atoms. The SMILES string of the molecule is CCCN(CC(=O)N1CCN(c2ccc(-c3ccccc3Cl)nn2)CC1)C(=O)c1ccccc1C. The molecule has 2 heterocycles. The van der Waals surface area contributed by atoms with Crippen molar-refractivity contribution in [2.24, 2.45) is 0 Å². The number of carbonyl (C=O) groups excluding carboxylic acids is 2. The van der Waals surface area contributed by atoms with E-state index < -0.39 is 0 Å². The maximum absolute atomic E-state index is 13.1. The molecule has 0 saturated carbocycles. The summed E-state index contributed by atoms with van der Waals surface area (Å²) in [6, 6.07) is 18.9. The van der Waals surface area contributed by atoms with Gasteiger partial charge in [0.2, 0.25) is 5.91 Å². The Morgan fingerprint density at radius 2 is 1.66 bits per heavy atom. The predicted molar refractivity (Wildman–Crippen MR) is 139 cm³/mol. The zero-order valence-corrected chi connectivity index (χ0v) is 20.9. The topological polar surface area (TPSA) is 69.6 Å². The first kappa shape index (κ1) is 24.7. The molecule has 1 fully saturated rings. The van der Waals surface area contributed by atoms with Crippen LogP contribution in [0.2, 0.25) is 5.02 Å². The first-order valence-electron chi connectivity index (χ1n) is 11.9. The van der Waals surface area contributed by atoms with Gasteiger partial charge in [-0.15, -0.1) is 10.2 Å². The second-order valence-electron chi connectivity index (χ2n) is 8.67. The molecular formula is C27H30ClN5O2. The standard InChI is InChI=1S/C27H30ClN5O2/c1-3-14-33(27(35)21-9-5-4-8-20(21)2)19-26(34)32-17-15-31(16-18-32)25-13-12-24(29-30-25)22-10-6-7-11-23(22)28/h4-13H,3,14-19H2,1-2H3. The molecule has 3 aromatic rings. The van der Waals surface area contributed by atoms with E-state index in [9.17, 15) is 9.59 Å². The highest BCUT2D eigenvalue weighted by atomic mass is 35.5. The van der Waals surface area contributed by atoms with Crippen LogP contribution in [-0.4, -0.2) is 71.1 Å². The van der Waals surface area contributed by atoms with Gasteiger partial charge in [-0.05, 0) is 43.2 Å². The number of nitrogens with zero attached hydrogens (tertiary/aromatic N) is 5. The van der Waals surface area contributed by atoms with E-state index in [-0.39, 0.29) is 18.4 Å². The molecular weight excluding hydrogens is 462 g/mol. The number of halogens is 1. The number of hydrogen-bond acceptors (Lipinski definition) is 5. The van der Waals surface area contributed by atoms with Crippen LogP contribution in [0.4, 0.5) is 5.82 Å². The minimum Gasteiger partial charge on any atom is -0.352 e. The summed E-state index contributed by atoms with van der Waals surface area (Å²) < 4.78 is 0. The van der Waals surface area contributed by atoms with Gasteiger partial charge in [-0.25, -0.2) is 0 Å². The van der Waals surface area contributed by atoms with Crippen LogP contribution in [0.1, 0.15) is 29.3 Å². The van der Waals surface area contributed by atoms with Gasteiger partial charge in [0.15, 0.2) is 5.82 Å². The molecule has 1 saturated heterocycles. The Morgan fingerprint density at radius 3 is 2.31 bits per heavy atom. The predicted octanol–water partition coefficient (Wildman–Crippen LogP) is 4.31. The summed E-state index contributed by atoms with van der Waals surface area (Å²) in [5.41, 5.74) is 3.14. The number of aromatic nitrogens is 2. The van der Waals surface area contributed by atoms with Gasteiger partial charge in [0.25, 0.3) is 5.91 Å². The van der Waals surface area contributed by atoms with Crippen molar-refractivity contribution in [3.05, 3.63) is 76.8 Å². The third-order valence-corrected chi connectivity index (χ3v) is 6.57. The lowest BCUT2D eigenvalue weighted by molar-refractivity contribution is -0.132. The van der Waals surface area contributed by atoms with Gasteiger partial charge in [-0.3, -0.25) is 9.59 Å². The number of anilines is 1. The molecule has 0 radical (unpaired) electrons. The van der Waals surface area contributed by atoms with Crippen LogP contribution in [0.25, 0.3) is 11.3 Å². The molecule has 182 valence electrons. The fourth-order valence-electron chi connectivity index (χ4n) is 4.26. The zero-order chi connectivity index (χ0) is 24.8. The van der Waals surface area contributed by atoms with Crippen molar-refractivity contribution >= 4 is 29.2 Å². The monoisotopic (exact) mass is 491 g/mol. The van der Waals surface area contributed by atoms with Crippen LogP contribution in [-0.2, 0) is 4.79 Å². The second-order valence-corrected chi connectivity index (χ2v) is 9.07. The number of hydrogen-bond donors (Lipinski definition) is 0. The summed E-state index contributed by atoms with van der Waals surface area (Å²) in [6.45, 7) is 7.04. The molecule has 0 aliphatic carbocycles. The Hall–Kier alpha value is -3.45. The molecule has 0 unspecified atom stereocenters. The summed E-state index contributed by atoms with van der Waals surface area (Å²) in [5.74, 6) is 0.654. The van der Waals surface area contributed by atoms with Gasteiger partial charge in [0.05, 0.1) is 10.7 Å². The largest absolute Gasteiger partial charge is 0.352 e. The molecule has 0 N–H and O–H groups in total. The third kappa shape index (κ3) is 5.80. The lowest BCUT2D eigenvalue weighted by Crippen LogP contribution is -2.52. The number of aryl methyl sites for hydroxylation is 1. The van der Waals surface area contributed by atoms with E-state index in [0.717, 1.165) is 29.1 Å². The first-order valence-corrected chi connectivity index (χ1v) is 12.3. The van der Waals surface area contributed by atoms with Gasteiger partial charge in [-0.1, -0.05) is 54.9 Å². The van der Waals surface area contributed by atoms with Crippen LogP contribution in [0.3, 0.4) is 0 Å². The highest BCUT2D eigenvalue weighted by molar-refractivity contribution is 6.33. The van der Waals surface area contributed by atoms with E-state index in [1.807, 2.05) is 79.4 Å². The molecule has 4 rings (SSSR count). The maximum Gasteiger partial charge on any atom is 0.254 e. The van der Waals surface area contributed by atoms with E-state index in [2.05, 4.69) is 15.1 Å². The molecule has 1 aliphatic heterocycles. The molecule has 0 atom stereocenters. The van der Waals surface area contributed by atoms with Crippen LogP contribution < -0.4 is 4.90 Å².